The zero-order valence-electron chi connectivity index (χ0n) is 21.7. The van der Waals surface area contributed by atoms with E-state index in [-0.39, 0.29) is 29.8 Å². The first-order valence-corrected chi connectivity index (χ1v) is 13.8. The molecule has 0 bridgehead atoms. The number of aromatic nitrogens is 2. The highest BCUT2D eigenvalue weighted by atomic mass is 19.1. The summed E-state index contributed by atoms with van der Waals surface area (Å²) in [7, 11) is 2.12. The van der Waals surface area contributed by atoms with Gasteiger partial charge in [0.2, 0.25) is 11.9 Å². The lowest BCUT2D eigenvalue weighted by Crippen LogP contribution is -2.44. The molecule has 2 saturated heterocycles. The van der Waals surface area contributed by atoms with Crippen molar-refractivity contribution in [1.29, 1.82) is 0 Å². The molecule has 2 aromatic rings. The van der Waals surface area contributed by atoms with E-state index in [9.17, 15) is 14.3 Å². The van der Waals surface area contributed by atoms with Gasteiger partial charge in [0, 0.05) is 42.5 Å². The quantitative estimate of drug-likeness (QED) is 0.538. The average molecular weight is 511 g/mol. The molecule has 9 heteroatoms. The molecule has 5 rings (SSSR count). The van der Waals surface area contributed by atoms with Crippen LogP contribution >= 0.6 is 0 Å². The monoisotopic (exact) mass is 510 g/mol. The highest BCUT2D eigenvalue weighted by Gasteiger charge is 2.32. The van der Waals surface area contributed by atoms with Gasteiger partial charge in [-0.25, -0.2) is 9.37 Å². The van der Waals surface area contributed by atoms with Crippen LogP contribution in [0, 0.1) is 11.7 Å². The Hall–Kier alpha value is -2.78. The van der Waals surface area contributed by atoms with Crippen LogP contribution in [0.15, 0.2) is 30.5 Å². The number of aliphatic hydroxyl groups excluding tert-OH is 1. The second-order valence-electron chi connectivity index (χ2n) is 11.0. The van der Waals surface area contributed by atoms with E-state index in [1.54, 1.807) is 12.1 Å². The summed E-state index contributed by atoms with van der Waals surface area (Å²) in [5.74, 6) is 1.75. The Balaban J connectivity index is 1.28. The van der Waals surface area contributed by atoms with Crippen LogP contribution in [0.1, 0.15) is 62.8 Å². The fourth-order valence-electron chi connectivity index (χ4n) is 5.87. The molecule has 8 nitrogen and oxygen atoms in total. The number of hydrogen-bond donors (Lipinski definition) is 3. The number of amides is 1. The lowest BCUT2D eigenvalue weighted by Gasteiger charge is -2.37. The molecule has 200 valence electrons. The summed E-state index contributed by atoms with van der Waals surface area (Å²) in [6.45, 7) is 3.52. The van der Waals surface area contributed by atoms with Gasteiger partial charge in [0.15, 0.2) is 0 Å². The van der Waals surface area contributed by atoms with E-state index in [0.29, 0.717) is 11.9 Å². The fourth-order valence-corrected chi connectivity index (χ4v) is 5.87. The predicted molar refractivity (Wildman–Crippen MR) is 142 cm³/mol. The molecule has 1 aliphatic carbocycles. The Morgan fingerprint density at radius 3 is 2.32 bits per heavy atom. The first kappa shape index (κ1) is 25.9. The van der Waals surface area contributed by atoms with Gasteiger partial charge in [-0.1, -0.05) is 0 Å². The summed E-state index contributed by atoms with van der Waals surface area (Å²) in [5, 5.41) is 16.8. The van der Waals surface area contributed by atoms with Crippen LogP contribution in [-0.4, -0.2) is 76.2 Å². The number of carbonyl (C=O) groups is 1. The molecule has 1 aromatic heterocycles. The van der Waals surface area contributed by atoms with Crippen molar-refractivity contribution in [3.8, 4) is 0 Å². The normalized spacial score (nSPS) is 24.1. The molecule has 2 aliphatic heterocycles. The average Bonchev–Trinajstić information content (AvgIpc) is 2.92. The molecule has 0 spiro atoms. The maximum atomic E-state index is 13.3. The number of halogens is 1. The summed E-state index contributed by atoms with van der Waals surface area (Å²) in [4.78, 5) is 26.9. The number of piperidine rings is 2. The summed E-state index contributed by atoms with van der Waals surface area (Å²) in [6.07, 6.45) is 8.75. The minimum absolute atomic E-state index is 0.159. The summed E-state index contributed by atoms with van der Waals surface area (Å²) in [5.41, 5.74) is 1.81. The van der Waals surface area contributed by atoms with Crippen LogP contribution < -0.4 is 10.6 Å². The summed E-state index contributed by atoms with van der Waals surface area (Å²) < 4.78 is 13.3. The number of rotatable bonds is 6. The number of benzene rings is 1. The first-order valence-electron chi connectivity index (χ1n) is 13.8. The second-order valence-corrected chi connectivity index (χ2v) is 11.0. The third-order valence-corrected chi connectivity index (χ3v) is 8.27. The molecular formula is C28H39FN6O2. The molecule has 3 heterocycles. The van der Waals surface area contributed by atoms with Crippen LogP contribution in [0.4, 0.5) is 21.8 Å². The molecule has 1 aromatic carbocycles. The van der Waals surface area contributed by atoms with E-state index in [2.05, 4.69) is 32.5 Å². The molecule has 3 N–H and O–H groups in total. The summed E-state index contributed by atoms with van der Waals surface area (Å²) in [6, 6.07) is 6.40. The van der Waals surface area contributed by atoms with Crippen LogP contribution in [0.2, 0.25) is 0 Å². The number of carbonyl (C=O) groups excluding carboxylic acids is 1. The van der Waals surface area contributed by atoms with Gasteiger partial charge in [-0.2, -0.15) is 4.98 Å². The largest absolute Gasteiger partial charge is 0.393 e. The van der Waals surface area contributed by atoms with Crippen LogP contribution in [0.5, 0.6) is 0 Å². The molecule has 3 fully saturated rings. The van der Waals surface area contributed by atoms with Crippen molar-refractivity contribution < 1.29 is 14.3 Å². The number of aliphatic hydroxyl groups is 1. The first-order chi connectivity index (χ1) is 17.9. The van der Waals surface area contributed by atoms with Crippen molar-refractivity contribution in [3.63, 3.8) is 0 Å². The minimum Gasteiger partial charge on any atom is -0.393 e. The van der Waals surface area contributed by atoms with Gasteiger partial charge in [0.05, 0.1) is 6.10 Å². The summed E-state index contributed by atoms with van der Waals surface area (Å²) >= 11 is 0. The van der Waals surface area contributed by atoms with Gasteiger partial charge in [0.25, 0.3) is 0 Å². The maximum absolute atomic E-state index is 13.3. The van der Waals surface area contributed by atoms with Crippen LogP contribution in [0.3, 0.4) is 0 Å². The molecule has 0 atom stereocenters. The third-order valence-electron chi connectivity index (χ3n) is 8.27. The van der Waals surface area contributed by atoms with Crippen molar-refractivity contribution in [1.82, 2.24) is 19.8 Å². The fraction of sp³-hybridized carbons (Fsp3) is 0.607. The molecule has 1 saturated carbocycles. The van der Waals surface area contributed by atoms with E-state index in [1.807, 2.05) is 6.20 Å². The zero-order valence-corrected chi connectivity index (χ0v) is 21.7. The zero-order chi connectivity index (χ0) is 25.8. The number of likely N-dealkylation sites (tertiary alicyclic amines) is 2. The van der Waals surface area contributed by atoms with Gasteiger partial charge in [-0.3, -0.25) is 4.79 Å². The van der Waals surface area contributed by atoms with Crippen molar-refractivity contribution in [2.24, 2.45) is 5.92 Å². The topological polar surface area (TPSA) is 93.6 Å². The molecule has 3 aliphatic rings. The van der Waals surface area contributed by atoms with Crippen molar-refractivity contribution >= 4 is 23.4 Å². The smallest absolute Gasteiger partial charge is 0.229 e. The Morgan fingerprint density at radius 1 is 0.973 bits per heavy atom. The van der Waals surface area contributed by atoms with E-state index in [4.69, 9.17) is 4.98 Å². The van der Waals surface area contributed by atoms with Gasteiger partial charge in [-0.05, 0) is 102 Å². The molecular weight excluding hydrogens is 471 g/mol. The number of nitrogens with one attached hydrogen (secondary N) is 2. The Kier molecular flexibility index (Phi) is 8.20. The van der Waals surface area contributed by atoms with E-state index >= 15 is 0 Å². The van der Waals surface area contributed by atoms with Crippen molar-refractivity contribution in [3.05, 3.63) is 41.8 Å². The Bertz CT molecular complexity index is 1040. The number of hydrogen-bond acceptors (Lipinski definition) is 7. The standard InChI is InChI=1S/C28H39FN6O2/c1-34-14-10-20(11-15-34)27(37)35-16-12-19(13-17-35)25-18-30-28(32-23-4-2-21(29)3-5-23)33-26(25)31-22-6-8-24(36)9-7-22/h2-5,18-20,22,24,36H,6-17H2,1H3,(H2,30,31,32,33). The highest BCUT2D eigenvalue weighted by Crippen LogP contribution is 2.35. The van der Waals surface area contributed by atoms with Gasteiger partial charge < -0.3 is 25.5 Å². The highest BCUT2D eigenvalue weighted by molar-refractivity contribution is 5.79. The maximum Gasteiger partial charge on any atom is 0.229 e. The molecule has 37 heavy (non-hydrogen) atoms. The SMILES string of the molecule is CN1CCC(C(=O)N2CCC(c3cnc(Nc4ccc(F)cc4)nc3NC3CCC(O)CC3)CC2)CC1. The van der Waals surface area contributed by atoms with Crippen molar-refractivity contribution in [2.45, 2.75) is 69.4 Å². The molecule has 0 unspecified atom stereocenters. The Morgan fingerprint density at radius 2 is 1.65 bits per heavy atom. The van der Waals surface area contributed by atoms with Gasteiger partial charge in [0.1, 0.15) is 11.6 Å². The van der Waals surface area contributed by atoms with Crippen LogP contribution in [-0.2, 0) is 4.79 Å². The minimum atomic E-state index is -0.288. The lowest BCUT2D eigenvalue weighted by atomic mass is 9.88. The lowest BCUT2D eigenvalue weighted by molar-refractivity contribution is -0.138. The van der Waals surface area contributed by atoms with E-state index < -0.39 is 0 Å². The number of nitrogens with zero attached hydrogens (tertiary/aromatic N) is 4. The van der Waals surface area contributed by atoms with Crippen LogP contribution in [0.25, 0.3) is 0 Å². The third kappa shape index (κ3) is 6.57. The molecule has 1 amide bonds. The van der Waals surface area contributed by atoms with E-state index in [1.165, 1.54) is 12.1 Å². The second kappa shape index (κ2) is 11.7. The Labute approximate surface area is 218 Å². The van der Waals surface area contributed by atoms with Crippen molar-refractivity contribution in [2.75, 3.05) is 43.9 Å². The molecule has 0 radical (unpaired) electrons. The van der Waals surface area contributed by atoms with Gasteiger partial charge >= 0.3 is 0 Å². The predicted octanol–water partition coefficient (Wildman–Crippen LogP) is 4.12. The van der Waals surface area contributed by atoms with Gasteiger partial charge in [-0.15, -0.1) is 0 Å². The number of anilines is 3. The van der Waals surface area contributed by atoms with E-state index in [0.717, 1.165) is 94.6 Å².